The molecule has 0 amide bonds. The summed E-state index contributed by atoms with van der Waals surface area (Å²) in [6.45, 7) is 2.02. The van der Waals surface area contributed by atoms with Crippen LogP contribution in [0.4, 0.5) is 5.13 Å². The van der Waals surface area contributed by atoms with E-state index >= 15 is 0 Å². The number of nitrogens with zero attached hydrogens (tertiary/aromatic N) is 2. The molecule has 0 spiro atoms. The van der Waals surface area contributed by atoms with Crippen LogP contribution in [0.2, 0.25) is 0 Å². The number of hydrogen-bond donors (Lipinski definition) is 1. The van der Waals surface area contributed by atoms with Crippen molar-refractivity contribution in [2.75, 3.05) is 18.5 Å². The molecule has 0 saturated carbocycles. The zero-order valence-corrected chi connectivity index (χ0v) is 8.47. The van der Waals surface area contributed by atoms with Crippen LogP contribution in [0, 0.1) is 0 Å². The molecule has 0 aliphatic heterocycles. The summed E-state index contributed by atoms with van der Waals surface area (Å²) < 4.78 is 0. The van der Waals surface area contributed by atoms with Gasteiger partial charge in [-0.1, -0.05) is 6.92 Å². The third-order valence-corrected chi connectivity index (χ3v) is 2.60. The minimum absolute atomic E-state index is 0.00331. The van der Waals surface area contributed by atoms with Gasteiger partial charge < -0.3 is 10.0 Å². The van der Waals surface area contributed by atoms with Gasteiger partial charge in [0, 0.05) is 12.4 Å². The van der Waals surface area contributed by atoms with Crippen LogP contribution in [0.15, 0.2) is 5.38 Å². The van der Waals surface area contributed by atoms with Crippen LogP contribution < -0.4 is 4.90 Å². The standard InChI is InChI=1S/C8H12N2O2S/c1-3-6-5-13-8(9-6)10(2)4-7(11)12/h5H,3-4H2,1-2H3,(H,11,12). The number of thiazole rings is 1. The van der Waals surface area contributed by atoms with Crippen LogP contribution in [-0.4, -0.2) is 29.7 Å². The highest BCUT2D eigenvalue weighted by molar-refractivity contribution is 7.13. The predicted octanol–water partition coefficient (Wildman–Crippen LogP) is 1.23. The topological polar surface area (TPSA) is 53.4 Å². The number of hydrogen-bond acceptors (Lipinski definition) is 4. The van der Waals surface area contributed by atoms with E-state index in [9.17, 15) is 4.79 Å². The van der Waals surface area contributed by atoms with Crippen molar-refractivity contribution < 1.29 is 9.90 Å². The van der Waals surface area contributed by atoms with Crippen LogP contribution in [-0.2, 0) is 11.2 Å². The Labute approximate surface area is 80.8 Å². The summed E-state index contributed by atoms with van der Waals surface area (Å²) in [5.74, 6) is -0.837. The quantitative estimate of drug-likeness (QED) is 0.794. The van der Waals surface area contributed by atoms with Crippen molar-refractivity contribution in [3.05, 3.63) is 11.1 Å². The molecule has 1 aromatic rings. The fourth-order valence-electron chi connectivity index (χ4n) is 0.905. The fraction of sp³-hybridized carbons (Fsp3) is 0.500. The molecule has 0 bridgehead atoms. The molecule has 0 unspecified atom stereocenters. The normalized spacial score (nSPS) is 10.0. The van der Waals surface area contributed by atoms with E-state index < -0.39 is 5.97 Å². The van der Waals surface area contributed by atoms with Gasteiger partial charge in [0.25, 0.3) is 0 Å². The molecule has 0 saturated heterocycles. The first kappa shape index (κ1) is 9.98. The fourth-order valence-corrected chi connectivity index (χ4v) is 1.78. The Morgan fingerprint density at radius 1 is 1.77 bits per heavy atom. The van der Waals surface area contributed by atoms with Gasteiger partial charge in [-0.05, 0) is 6.42 Å². The lowest BCUT2D eigenvalue weighted by molar-refractivity contribution is -0.135. The number of carbonyl (C=O) groups is 1. The number of likely N-dealkylation sites (N-methyl/N-ethyl adjacent to an activating group) is 1. The number of anilines is 1. The van der Waals surface area contributed by atoms with E-state index in [1.807, 2.05) is 12.3 Å². The number of aromatic nitrogens is 1. The monoisotopic (exact) mass is 200 g/mol. The molecule has 0 radical (unpaired) electrons. The van der Waals surface area contributed by atoms with Gasteiger partial charge in [0.15, 0.2) is 5.13 Å². The zero-order valence-electron chi connectivity index (χ0n) is 7.65. The molecule has 0 aromatic carbocycles. The summed E-state index contributed by atoms with van der Waals surface area (Å²) in [5, 5.41) is 11.3. The van der Waals surface area contributed by atoms with Crippen LogP contribution in [0.3, 0.4) is 0 Å². The summed E-state index contributed by atoms with van der Waals surface area (Å²) >= 11 is 1.48. The number of rotatable bonds is 4. The Kier molecular flexibility index (Phi) is 3.25. The van der Waals surface area contributed by atoms with Crippen molar-refractivity contribution in [1.29, 1.82) is 0 Å². The van der Waals surface area contributed by atoms with Crippen molar-refractivity contribution >= 4 is 22.4 Å². The Morgan fingerprint density at radius 2 is 2.46 bits per heavy atom. The van der Waals surface area contributed by atoms with Crippen molar-refractivity contribution in [3.63, 3.8) is 0 Å². The summed E-state index contributed by atoms with van der Waals surface area (Å²) in [7, 11) is 1.73. The minimum atomic E-state index is -0.837. The number of carboxylic acid groups (broad SMARTS) is 1. The van der Waals surface area contributed by atoms with Crippen molar-refractivity contribution in [2.24, 2.45) is 0 Å². The van der Waals surface area contributed by atoms with Crippen LogP contribution in [0.5, 0.6) is 0 Å². The first-order valence-corrected chi connectivity index (χ1v) is 4.88. The summed E-state index contributed by atoms with van der Waals surface area (Å²) in [4.78, 5) is 16.3. The molecular weight excluding hydrogens is 188 g/mol. The molecule has 0 aliphatic rings. The maximum absolute atomic E-state index is 10.4. The molecule has 72 valence electrons. The molecule has 13 heavy (non-hydrogen) atoms. The number of aryl methyl sites for hydroxylation is 1. The van der Waals surface area contributed by atoms with Gasteiger partial charge >= 0.3 is 5.97 Å². The molecule has 5 heteroatoms. The second kappa shape index (κ2) is 4.23. The first-order valence-electron chi connectivity index (χ1n) is 4.00. The van der Waals surface area contributed by atoms with E-state index in [1.54, 1.807) is 11.9 Å². The maximum Gasteiger partial charge on any atom is 0.323 e. The third kappa shape index (κ3) is 2.69. The Balaban J connectivity index is 2.65. The van der Waals surface area contributed by atoms with Crippen molar-refractivity contribution in [1.82, 2.24) is 4.98 Å². The zero-order chi connectivity index (χ0) is 9.84. The van der Waals surface area contributed by atoms with Gasteiger partial charge in [0.05, 0.1) is 5.69 Å². The first-order chi connectivity index (χ1) is 6.13. The van der Waals surface area contributed by atoms with E-state index in [0.717, 1.165) is 17.2 Å². The summed E-state index contributed by atoms with van der Waals surface area (Å²) in [6.07, 6.45) is 0.886. The predicted molar refractivity (Wildman–Crippen MR) is 52.4 cm³/mol. The highest BCUT2D eigenvalue weighted by atomic mass is 32.1. The van der Waals surface area contributed by atoms with Gasteiger partial charge in [-0.2, -0.15) is 0 Å². The summed E-state index contributed by atoms with van der Waals surface area (Å²) in [5.41, 5.74) is 1.01. The Bertz CT molecular complexity index is 298. The Morgan fingerprint density at radius 3 is 2.92 bits per heavy atom. The number of carboxylic acids is 1. The average Bonchev–Trinajstić information content (AvgIpc) is 2.50. The van der Waals surface area contributed by atoms with E-state index in [4.69, 9.17) is 5.11 Å². The van der Waals surface area contributed by atoms with E-state index in [2.05, 4.69) is 4.98 Å². The molecule has 1 heterocycles. The molecule has 4 nitrogen and oxygen atoms in total. The lowest BCUT2D eigenvalue weighted by Gasteiger charge is -2.11. The highest BCUT2D eigenvalue weighted by Gasteiger charge is 2.08. The SMILES string of the molecule is CCc1csc(N(C)CC(=O)O)n1. The molecule has 0 atom stereocenters. The average molecular weight is 200 g/mol. The number of aliphatic carboxylic acids is 1. The van der Waals surface area contributed by atoms with Gasteiger partial charge in [0.2, 0.25) is 0 Å². The van der Waals surface area contributed by atoms with Gasteiger partial charge in [0.1, 0.15) is 6.54 Å². The van der Waals surface area contributed by atoms with Gasteiger partial charge in [-0.25, -0.2) is 4.98 Å². The smallest absolute Gasteiger partial charge is 0.323 e. The highest BCUT2D eigenvalue weighted by Crippen LogP contribution is 2.18. The van der Waals surface area contributed by atoms with Crippen LogP contribution >= 0.6 is 11.3 Å². The lowest BCUT2D eigenvalue weighted by atomic mass is 10.4. The molecule has 0 aliphatic carbocycles. The largest absolute Gasteiger partial charge is 0.480 e. The van der Waals surface area contributed by atoms with Crippen molar-refractivity contribution in [3.8, 4) is 0 Å². The molecule has 1 N–H and O–H groups in total. The van der Waals surface area contributed by atoms with Gasteiger partial charge in [-0.15, -0.1) is 11.3 Å². The minimum Gasteiger partial charge on any atom is -0.480 e. The lowest BCUT2D eigenvalue weighted by Crippen LogP contribution is -2.24. The van der Waals surface area contributed by atoms with E-state index in [1.165, 1.54) is 11.3 Å². The Hall–Kier alpha value is -1.10. The summed E-state index contributed by atoms with van der Waals surface area (Å²) in [6, 6.07) is 0. The molecule has 1 aromatic heterocycles. The second-order valence-corrected chi connectivity index (χ2v) is 3.56. The van der Waals surface area contributed by atoms with E-state index in [-0.39, 0.29) is 6.54 Å². The van der Waals surface area contributed by atoms with Crippen LogP contribution in [0.25, 0.3) is 0 Å². The maximum atomic E-state index is 10.4. The van der Waals surface area contributed by atoms with Crippen LogP contribution in [0.1, 0.15) is 12.6 Å². The second-order valence-electron chi connectivity index (χ2n) is 2.72. The molecule has 0 fully saturated rings. The molecular formula is C8H12N2O2S. The van der Waals surface area contributed by atoms with Crippen molar-refractivity contribution in [2.45, 2.75) is 13.3 Å². The van der Waals surface area contributed by atoms with Gasteiger partial charge in [-0.3, -0.25) is 4.79 Å². The third-order valence-electron chi connectivity index (χ3n) is 1.60. The molecule has 1 rings (SSSR count). The van der Waals surface area contributed by atoms with E-state index in [0.29, 0.717) is 0 Å².